The quantitative estimate of drug-likeness (QED) is 0.555. The van der Waals surface area contributed by atoms with E-state index in [2.05, 4.69) is 62.4 Å². The normalized spacial score (nSPS) is 10.1. The first-order valence-electron chi connectivity index (χ1n) is 5.08. The van der Waals surface area contributed by atoms with E-state index < -0.39 is 0 Å². The fraction of sp³-hybridized carbons (Fsp3) is 0.0769. The van der Waals surface area contributed by atoms with Gasteiger partial charge in [0.15, 0.2) is 0 Å². The summed E-state index contributed by atoms with van der Waals surface area (Å²) in [6.07, 6.45) is 0. The zero-order valence-corrected chi connectivity index (χ0v) is 9.63. The van der Waals surface area contributed by atoms with Gasteiger partial charge < -0.3 is 0 Å². The molecule has 0 aliphatic rings. The van der Waals surface area contributed by atoms with Crippen molar-refractivity contribution in [3.05, 3.63) is 60.2 Å². The van der Waals surface area contributed by atoms with Gasteiger partial charge in [0.1, 0.15) is 7.85 Å². The van der Waals surface area contributed by atoms with Crippen LogP contribution in [-0.2, 0) is 5.75 Å². The van der Waals surface area contributed by atoms with Gasteiger partial charge in [-0.1, -0.05) is 47.9 Å². The van der Waals surface area contributed by atoms with E-state index in [-0.39, 0.29) is 0 Å². The molecule has 0 heterocycles. The summed E-state index contributed by atoms with van der Waals surface area (Å²) in [6, 6.07) is 19.3. The second kappa shape index (κ2) is 5.08. The zero-order valence-electron chi connectivity index (χ0n) is 8.81. The molecule has 0 aliphatic carbocycles. The average Bonchev–Trinajstić information content (AvgIpc) is 2.30. The van der Waals surface area contributed by atoms with Crippen LogP contribution in [0.1, 0.15) is 5.56 Å². The molecule has 2 heteroatoms. The van der Waals surface area contributed by atoms with Crippen molar-refractivity contribution < 1.29 is 0 Å². The summed E-state index contributed by atoms with van der Waals surface area (Å²) in [6.45, 7) is 0. The predicted molar refractivity (Wildman–Crippen MR) is 70.6 cm³/mol. The molecule has 15 heavy (non-hydrogen) atoms. The highest BCUT2D eigenvalue weighted by molar-refractivity contribution is 7.98. The van der Waals surface area contributed by atoms with E-state index in [0.29, 0.717) is 0 Å². The Morgan fingerprint density at radius 1 is 0.867 bits per heavy atom. The first kappa shape index (κ1) is 10.4. The number of hydrogen-bond acceptors (Lipinski definition) is 1. The maximum absolute atomic E-state index is 2.20. The van der Waals surface area contributed by atoms with E-state index in [9.17, 15) is 0 Å². The molecule has 0 unspecified atom stereocenters. The largest absolute Gasteiger partial charge is 0.139 e. The molecule has 0 radical (unpaired) electrons. The summed E-state index contributed by atoms with van der Waals surface area (Å²) in [5.41, 5.74) is 2.71. The molecule has 2 aromatic rings. The third kappa shape index (κ3) is 3.17. The van der Waals surface area contributed by atoms with E-state index >= 15 is 0 Å². The van der Waals surface area contributed by atoms with E-state index in [1.807, 2.05) is 11.8 Å². The highest BCUT2D eigenvalue weighted by Gasteiger charge is 1.94. The third-order valence-electron chi connectivity index (χ3n) is 2.27. The molecular weight excluding hydrogens is 199 g/mol. The summed E-state index contributed by atoms with van der Waals surface area (Å²) in [7, 11) is 2.12. The summed E-state index contributed by atoms with van der Waals surface area (Å²) in [5.74, 6) is 1.05. The van der Waals surface area contributed by atoms with Crippen LogP contribution in [0.15, 0.2) is 59.5 Å². The van der Waals surface area contributed by atoms with Crippen LogP contribution < -0.4 is 5.46 Å². The van der Waals surface area contributed by atoms with Crippen molar-refractivity contribution in [1.29, 1.82) is 0 Å². The lowest BCUT2D eigenvalue weighted by Gasteiger charge is -2.02. The van der Waals surface area contributed by atoms with Gasteiger partial charge in [-0.25, -0.2) is 0 Å². The van der Waals surface area contributed by atoms with Crippen LogP contribution >= 0.6 is 11.8 Å². The molecule has 0 bridgehead atoms. The Kier molecular flexibility index (Phi) is 3.52. The van der Waals surface area contributed by atoms with Crippen molar-refractivity contribution in [3.63, 3.8) is 0 Å². The fourth-order valence-electron chi connectivity index (χ4n) is 1.37. The Morgan fingerprint density at radius 2 is 1.53 bits per heavy atom. The molecule has 0 fully saturated rings. The summed E-state index contributed by atoms with van der Waals surface area (Å²) in [4.78, 5) is 1.33. The van der Waals surface area contributed by atoms with Crippen molar-refractivity contribution in [3.8, 4) is 0 Å². The molecule has 2 aromatic carbocycles. The Labute approximate surface area is 96.1 Å². The van der Waals surface area contributed by atoms with E-state index in [0.717, 1.165) is 5.75 Å². The minimum Gasteiger partial charge on any atom is -0.121 e. The molecule has 74 valence electrons. The monoisotopic (exact) mass is 212 g/mol. The van der Waals surface area contributed by atoms with Crippen LogP contribution in [0, 0.1) is 0 Å². The molecule has 2 rings (SSSR count). The molecule has 0 spiro atoms. The molecule has 0 saturated heterocycles. The van der Waals surface area contributed by atoms with Crippen molar-refractivity contribution in [2.45, 2.75) is 10.6 Å². The maximum atomic E-state index is 2.20. The zero-order chi connectivity index (χ0) is 10.5. The minimum atomic E-state index is 1.05. The smallest absolute Gasteiger partial charge is 0.121 e. The minimum absolute atomic E-state index is 1.05. The number of thioether (sulfide) groups is 1. The lowest BCUT2D eigenvalue weighted by Crippen LogP contribution is -1.99. The van der Waals surface area contributed by atoms with Gasteiger partial charge in [-0.05, 0) is 17.7 Å². The van der Waals surface area contributed by atoms with Crippen molar-refractivity contribution >= 4 is 25.1 Å². The SMILES string of the molecule is Bc1ccc(CSc2ccccc2)cc1. The second-order valence-corrected chi connectivity index (χ2v) is 4.64. The van der Waals surface area contributed by atoms with E-state index in [4.69, 9.17) is 0 Å². The van der Waals surface area contributed by atoms with Crippen LogP contribution in [0.2, 0.25) is 0 Å². The van der Waals surface area contributed by atoms with E-state index in [1.54, 1.807) is 0 Å². The Morgan fingerprint density at radius 3 is 2.20 bits per heavy atom. The van der Waals surface area contributed by atoms with Gasteiger partial charge in [0.25, 0.3) is 0 Å². The molecule has 0 aliphatic heterocycles. The summed E-state index contributed by atoms with van der Waals surface area (Å²) < 4.78 is 0. The first-order chi connectivity index (χ1) is 7.34. The lowest BCUT2D eigenvalue weighted by molar-refractivity contribution is 1.39. The Hall–Kier alpha value is -1.15. The van der Waals surface area contributed by atoms with Crippen molar-refractivity contribution in [2.75, 3.05) is 0 Å². The van der Waals surface area contributed by atoms with Gasteiger partial charge >= 0.3 is 0 Å². The summed E-state index contributed by atoms with van der Waals surface area (Å²) in [5, 5.41) is 0. The van der Waals surface area contributed by atoms with Crippen LogP contribution in [0.5, 0.6) is 0 Å². The molecule has 0 aromatic heterocycles. The molecular formula is C13H13BS. The number of hydrogen-bond donors (Lipinski definition) is 0. The maximum Gasteiger partial charge on any atom is 0.139 e. The number of rotatable bonds is 3. The van der Waals surface area contributed by atoms with Crippen LogP contribution in [-0.4, -0.2) is 7.85 Å². The molecule has 0 saturated carbocycles. The average molecular weight is 212 g/mol. The third-order valence-corrected chi connectivity index (χ3v) is 3.35. The first-order valence-corrected chi connectivity index (χ1v) is 6.06. The van der Waals surface area contributed by atoms with Crippen molar-refractivity contribution in [1.82, 2.24) is 0 Å². The van der Waals surface area contributed by atoms with Crippen LogP contribution in [0.3, 0.4) is 0 Å². The van der Waals surface area contributed by atoms with Gasteiger partial charge in [0.05, 0.1) is 0 Å². The molecule has 0 nitrogen and oxygen atoms in total. The molecule has 0 atom stereocenters. The van der Waals surface area contributed by atoms with E-state index in [1.165, 1.54) is 15.9 Å². The highest BCUT2D eigenvalue weighted by Crippen LogP contribution is 2.21. The predicted octanol–water partition coefficient (Wildman–Crippen LogP) is 2.24. The van der Waals surface area contributed by atoms with Gasteiger partial charge in [0, 0.05) is 10.6 Å². The van der Waals surface area contributed by atoms with Gasteiger partial charge in [-0.15, -0.1) is 11.8 Å². The van der Waals surface area contributed by atoms with Crippen molar-refractivity contribution in [2.24, 2.45) is 0 Å². The fourth-order valence-corrected chi connectivity index (χ4v) is 2.24. The number of benzene rings is 2. The standard InChI is InChI=1S/C13H13BS/c14-12-8-6-11(7-9-12)10-15-13-4-2-1-3-5-13/h1-9H,10,14H2. The Balaban J connectivity index is 1.96. The van der Waals surface area contributed by atoms with Gasteiger partial charge in [-0.3, -0.25) is 0 Å². The second-order valence-electron chi connectivity index (χ2n) is 3.59. The van der Waals surface area contributed by atoms with Gasteiger partial charge in [0.2, 0.25) is 0 Å². The van der Waals surface area contributed by atoms with Crippen LogP contribution in [0.4, 0.5) is 0 Å². The molecule has 0 amide bonds. The van der Waals surface area contributed by atoms with Gasteiger partial charge in [-0.2, -0.15) is 0 Å². The highest BCUT2D eigenvalue weighted by atomic mass is 32.2. The topological polar surface area (TPSA) is 0 Å². The lowest BCUT2D eigenvalue weighted by atomic mass is 9.96. The van der Waals surface area contributed by atoms with Crippen LogP contribution in [0.25, 0.3) is 0 Å². The molecule has 0 N–H and O–H groups in total. The Bertz CT molecular complexity index is 408. The summed E-state index contributed by atoms with van der Waals surface area (Å²) >= 11 is 1.88.